The molecule has 0 fully saturated rings. The second-order valence-electron chi connectivity index (χ2n) is 3.73. The molecule has 0 unspecified atom stereocenters. The van der Waals surface area contributed by atoms with Crippen LogP contribution in [-0.2, 0) is 10.0 Å². The Morgan fingerprint density at radius 1 is 1.16 bits per heavy atom. The van der Waals surface area contributed by atoms with E-state index in [9.17, 15) is 13.5 Å². The van der Waals surface area contributed by atoms with Gasteiger partial charge in [0.1, 0.15) is 5.75 Å². The molecule has 0 aromatic heterocycles. The van der Waals surface area contributed by atoms with Gasteiger partial charge in [-0.15, -0.1) is 0 Å². The van der Waals surface area contributed by atoms with E-state index in [0.717, 1.165) is 0 Å². The van der Waals surface area contributed by atoms with Crippen molar-refractivity contribution in [1.29, 1.82) is 0 Å². The van der Waals surface area contributed by atoms with Crippen LogP contribution >= 0.6 is 34.2 Å². The highest BCUT2D eigenvalue weighted by Crippen LogP contribution is 2.25. The highest BCUT2D eigenvalue weighted by molar-refractivity contribution is 14.1. The molecule has 0 saturated heterocycles. The van der Waals surface area contributed by atoms with E-state index in [0.29, 0.717) is 14.3 Å². The third-order valence-corrected chi connectivity index (χ3v) is 4.79. The first kappa shape index (κ1) is 14.4. The predicted octanol–water partition coefficient (Wildman–Crippen LogP) is 3.45. The first-order valence-corrected chi connectivity index (χ1v) is 8.09. The molecule has 2 aromatic carbocycles. The molecule has 0 aliphatic rings. The molecule has 0 saturated carbocycles. The zero-order valence-corrected chi connectivity index (χ0v) is 13.2. The maximum absolute atomic E-state index is 12.1. The van der Waals surface area contributed by atoms with Gasteiger partial charge in [-0.25, -0.2) is 8.42 Å². The van der Waals surface area contributed by atoms with Crippen molar-refractivity contribution in [2.45, 2.75) is 4.90 Å². The molecule has 0 spiro atoms. The summed E-state index contributed by atoms with van der Waals surface area (Å²) in [5.74, 6) is -0.103. The largest absolute Gasteiger partial charge is 0.508 e. The lowest BCUT2D eigenvalue weighted by Crippen LogP contribution is -2.13. The van der Waals surface area contributed by atoms with Crippen molar-refractivity contribution >= 4 is 49.9 Å². The molecule has 4 nitrogen and oxygen atoms in total. The number of benzene rings is 2. The molecule has 19 heavy (non-hydrogen) atoms. The van der Waals surface area contributed by atoms with Crippen molar-refractivity contribution < 1.29 is 13.5 Å². The van der Waals surface area contributed by atoms with Crippen LogP contribution in [0.5, 0.6) is 5.75 Å². The number of hydrogen-bond acceptors (Lipinski definition) is 3. The lowest BCUT2D eigenvalue weighted by Gasteiger charge is -2.10. The van der Waals surface area contributed by atoms with Gasteiger partial charge in [0.15, 0.2) is 0 Å². The summed E-state index contributed by atoms with van der Waals surface area (Å²) in [5, 5.41) is 9.85. The van der Waals surface area contributed by atoms with Crippen LogP contribution in [0.15, 0.2) is 47.4 Å². The van der Waals surface area contributed by atoms with Crippen LogP contribution in [0.2, 0.25) is 5.02 Å². The molecule has 0 bridgehead atoms. The predicted molar refractivity (Wildman–Crippen MR) is 83.1 cm³/mol. The van der Waals surface area contributed by atoms with Crippen LogP contribution in [0.1, 0.15) is 0 Å². The summed E-state index contributed by atoms with van der Waals surface area (Å²) >= 11 is 7.80. The van der Waals surface area contributed by atoms with Gasteiger partial charge in [0, 0.05) is 14.7 Å². The number of aromatic hydroxyl groups is 1. The SMILES string of the molecule is O=S(=O)(Nc1ccc(Cl)cc1I)c1cccc(O)c1. The minimum atomic E-state index is -3.73. The van der Waals surface area contributed by atoms with Gasteiger partial charge in [-0.3, -0.25) is 4.72 Å². The van der Waals surface area contributed by atoms with Crippen LogP contribution in [0.4, 0.5) is 5.69 Å². The number of phenolic OH excluding ortho intramolecular Hbond substituents is 1. The van der Waals surface area contributed by atoms with Crippen LogP contribution in [-0.4, -0.2) is 13.5 Å². The smallest absolute Gasteiger partial charge is 0.262 e. The van der Waals surface area contributed by atoms with Crippen molar-refractivity contribution in [1.82, 2.24) is 0 Å². The molecule has 0 aliphatic carbocycles. The molecule has 2 aromatic rings. The van der Waals surface area contributed by atoms with Crippen molar-refractivity contribution in [3.05, 3.63) is 51.1 Å². The van der Waals surface area contributed by atoms with Crippen LogP contribution in [0, 0.1) is 3.57 Å². The van der Waals surface area contributed by atoms with Crippen molar-refractivity contribution in [3.63, 3.8) is 0 Å². The molecule has 0 aliphatic heterocycles. The number of sulfonamides is 1. The van der Waals surface area contributed by atoms with Gasteiger partial charge in [-0.1, -0.05) is 17.7 Å². The van der Waals surface area contributed by atoms with Gasteiger partial charge in [-0.05, 0) is 52.9 Å². The quantitative estimate of drug-likeness (QED) is 0.763. The number of hydrogen-bond donors (Lipinski definition) is 2. The number of anilines is 1. The normalized spacial score (nSPS) is 11.3. The molecule has 2 rings (SSSR count). The van der Waals surface area contributed by atoms with Gasteiger partial charge < -0.3 is 5.11 Å². The number of halogens is 2. The Morgan fingerprint density at radius 2 is 1.89 bits per heavy atom. The van der Waals surface area contributed by atoms with Gasteiger partial charge >= 0.3 is 0 Å². The second-order valence-corrected chi connectivity index (χ2v) is 7.01. The lowest BCUT2D eigenvalue weighted by molar-refractivity contribution is 0.473. The summed E-state index contributed by atoms with van der Waals surface area (Å²) in [6.07, 6.45) is 0. The Labute approximate surface area is 129 Å². The first-order valence-electron chi connectivity index (χ1n) is 5.15. The fourth-order valence-corrected chi connectivity index (χ4v) is 3.73. The third kappa shape index (κ3) is 3.52. The maximum Gasteiger partial charge on any atom is 0.262 e. The average molecular weight is 410 g/mol. The Hall–Kier alpha value is -0.990. The van der Waals surface area contributed by atoms with Gasteiger partial charge in [0.2, 0.25) is 0 Å². The molecule has 2 N–H and O–H groups in total. The van der Waals surface area contributed by atoms with E-state index in [-0.39, 0.29) is 10.6 Å². The Kier molecular flexibility index (Phi) is 4.22. The maximum atomic E-state index is 12.1. The van der Waals surface area contributed by atoms with E-state index in [1.807, 2.05) is 22.6 Å². The molecular weight excluding hydrogens is 401 g/mol. The molecule has 0 atom stereocenters. The summed E-state index contributed by atoms with van der Waals surface area (Å²) in [4.78, 5) is -0.00162. The monoisotopic (exact) mass is 409 g/mol. The molecule has 0 heterocycles. The topological polar surface area (TPSA) is 66.4 Å². The van der Waals surface area contributed by atoms with Crippen molar-refractivity contribution in [3.8, 4) is 5.75 Å². The fraction of sp³-hybridized carbons (Fsp3) is 0. The average Bonchev–Trinajstić information content (AvgIpc) is 2.33. The van der Waals surface area contributed by atoms with E-state index in [2.05, 4.69) is 4.72 Å². The zero-order valence-electron chi connectivity index (χ0n) is 9.47. The Morgan fingerprint density at radius 3 is 2.53 bits per heavy atom. The molecular formula is C12H9ClINO3S. The summed E-state index contributed by atoms with van der Waals surface area (Å²) in [7, 11) is -3.73. The summed E-state index contributed by atoms with van der Waals surface area (Å²) in [6.45, 7) is 0. The lowest BCUT2D eigenvalue weighted by atomic mass is 10.3. The Bertz CT molecular complexity index is 719. The van der Waals surface area contributed by atoms with Gasteiger partial charge in [0.25, 0.3) is 10.0 Å². The van der Waals surface area contributed by atoms with Crippen LogP contribution in [0.3, 0.4) is 0 Å². The summed E-state index contributed by atoms with van der Waals surface area (Å²) in [6, 6.07) is 10.3. The summed E-state index contributed by atoms with van der Waals surface area (Å²) in [5.41, 5.74) is 0.438. The fourth-order valence-electron chi connectivity index (χ4n) is 1.43. The minimum absolute atomic E-state index is 0.00162. The minimum Gasteiger partial charge on any atom is -0.508 e. The second kappa shape index (κ2) is 5.56. The van der Waals surface area contributed by atoms with E-state index >= 15 is 0 Å². The van der Waals surface area contributed by atoms with E-state index in [1.54, 1.807) is 18.2 Å². The van der Waals surface area contributed by atoms with Crippen LogP contribution < -0.4 is 4.72 Å². The van der Waals surface area contributed by atoms with Gasteiger partial charge in [0.05, 0.1) is 10.6 Å². The van der Waals surface area contributed by atoms with Gasteiger partial charge in [-0.2, -0.15) is 0 Å². The number of rotatable bonds is 3. The first-order chi connectivity index (χ1) is 8.88. The molecule has 7 heteroatoms. The highest BCUT2D eigenvalue weighted by atomic mass is 127. The Balaban J connectivity index is 2.36. The standard InChI is InChI=1S/C12H9ClINO3S/c13-8-4-5-12(11(14)6-8)15-19(17,18)10-3-1-2-9(16)7-10/h1-7,15-16H. The van der Waals surface area contributed by atoms with E-state index in [4.69, 9.17) is 11.6 Å². The summed E-state index contributed by atoms with van der Waals surface area (Å²) < 4.78 is 27.4. The van der Waals surface area contributed by atoms with E-state index < -0.39 is 10.0 Å². The van der Waals surface area contributed by atoms with Crippen LogP contribution in [0.25, 0.3) is 0 Å². The number of phenols is 1. The highest BCUT2D eigenvalue weighted by Gasteiger charge is 2.16. The third-order valence-electron chi connectivity index (χ3n) is 2.30. The van der Waals surface area contributed by atoms with Crippen molar-refractivity contribution in [2.75, 3.05) is 4.72 Å². The number of nitrogens with one attached hydrogen (secondary N) is 1. The van der Waals surface area contributed by atoms with E-state index in [1.165, 1.54) is 24.3 Å². The molecule has 100 valence electrons. The molecule has 0 amide bonds. The zero-order chi connectivity index (χ0) is 14.0. The molecule has 0 radical (unpaired) electrons. The van der Waals surface area contributed by atoms with Crippen molar-refractivity contribution in [2.24, 2.45) is 0 Å².